The van der Waals surface area contributed by atoms with Gasteiger partial charge in [-0.1, -0.05) is 11.2 Å². The predicted molar refractivity (Wildman–Crippen MR) is 69.8 cm³/mol. The van der Waals surface area contributed by atoms with Crippen molar-refractivity contribution in [2.45, 2.75) is 26.4 Å². The number of aryl methyl sites for hydroxylation is 1. The number of halogens is 1. The maximum absolute atomic E-state index is 13.9. The van der Waals surface area contributed by atoms with Crippen LogP contribution in [0.4, 0.5) is 4.39 Å². The van der Waals surface area contributed by atoms with Crippen molar-refractivity contribution in [3.63, 3.8) is 0 Å². The normalized spacial score (nSPS) is 17.1. The molecule has 2 aromatic rings. The largest absolute Gasteiger partial charge is 0.492 e. The zero-order valence-corrected chi connectivity index (χ0v) is 11.5. The first-order valence-corrected chi connectivity index (χ1v) is 6.59. The SMILES string of the molecule is Cc1nc(C(C)N2CCOc3cccc(F)c3C2)no1. The van der Waals surface area contributed by atoms with Gasteiger partial charge >= 0.3 is 0 Å². The van der Waals surface area contributed by atoms with Crippen LogP contribution in [0.2, 0.25) is 0 Å². The molecule has 20 heavy (non-hydrogen) atoms. The highest BCUT2D eigenvalue weighted by molar-refractivity contribution is 5.35. The molecule has 0 saturated carbocycles. The van der Waals surface area contributed by atoms with Crippen molar-refractivity contribution in [2.75, 3.05) is 13.2 Å². The molecule has 0 saturated heterocycles. The molecule has 0 aliphatic carbocycles. The lowest BCUT2D eigenvalue weighted by atomic mass is 10.1. The van der Waals surface area contributed by atoms with Crippen LogP contribution in [-0.4, -0.2) is 28.2 Å². The summed E-state index contributed by atoms with van der Waals surface area (Å²) in [6.07, 6.45) is 0. The highest BCUT2D eigenvalue weighted by atomic mass is 19.1. The highest BCUT2D eigenvalue weighted by Gasteiger charge is 2.25. The van der Waals surface area contributed by atoms with Crippen LogP contribution in [0.3, 0.4) is 0 Å². The van der Waals surface area contributed by atoms with Gasteiger partial charge < -0.3 is 9.26 Å². The van der Waals surface area contributed by atoms with E-state index in [-0.39, 0.29) is 11.9 Å². The van der Waals surface area contributed by atoms with Crippen molar-refractivity contribution in [3.05, 3.63) is 41.3 Å². The van der Waals surface area contributed by atoms with Crippen LogP contribution in [0.25, 0.3) is 0 Å². The minimum absolute atomic E-state index is 0.0541. The third kappa shape index (κ3) is 2.38. The van der Waals surface area contributed by atoms with Gasteiger partial charge in [0, 0.05) is 25.6 Å². The maximum atomic E-state index is 13.9. The molecule has 1 aromatic heterocycles. The molecule has 6 heteroatoms. The summed E-state index contributed by atoms with van der Waals surface area (Å²) in [7, 11) is 0. The molecule has 1 atom stereocenters. The summed E-state index contributed by atoms with van der Waals surface area (Å²) in [6, 6.07) is 4.86. The van der Waals surface area contributed by atoms with E-state index in [2.05, 4.69) is 15.0 Å². The van der Waals surface area contributed by atoms with Crippen LogP contribution in [0.5, 0.6) is 5.75 Å². The third-order valence-electron chi connectivity index (χ3n) is 3.54. The molecule has 0 amide bonds. The van der Waals surface area contributed by atoms with Crippen molar-refractivity contribution in [2.24, 2.45) is 0 Å². The minimum atomic E-state index is -0.245. The molecule has 106 valence electrons. The van der Waals surface area contributed by atoms with Crippen molar-refractivity contribution >= 4 is 0 Å². The third-order valence-corrected chi connectivity index (χ3v) is 3.54. The molecular formula is C14H16FN3O2. The molecule has 1 unspecified atom stereocenters. The number of hydrogen-bond donors (Lipinski definition) is 0. The Kier molecular flexibility index (Phi) is 3.40. The Bertz CT molecular complexity index is 614. The van der Waals surface area contributed by atoms with Gasteiger partial charge in [0.15, 0.2) is 5.82 Å². The van der Waals surface area contributed by atoms with E-state index in [9.17, 15) is 4.39 Å². The van der Waals surface area contributed by atoms with E-state index in [1.54, 1.807) is 19.1 Å². The number of rotatable bonds is 2. The van der Waals surface area contributed by atoms with E-state index >= 15 is 0 Å². The fourth-order valence-electron chi connectivity index (χ4n) is 2.36. The molecule has 0 spiro atoms. The Hall–Kier alpha value is -1.95. The molecule has 0 fully saturated rings. The minimum Gasteiger partial charge on any atom is -0.492 e. The number of fused-ring (bicyclic) bond motifs is 1. The molecule has 5 nitrogen and oxygen atoms in total. The van der Waals surface area contributed by atoms with Crippen molar-refractivity contribution < 1.29 is 13.7 Å². The fraction of sp³-hybridized carbons (Fsp3) is 0.429. The zero-order chi connectivity index (χ0) is 14.1. The van der Waals surface area contributed by atoms with Gasteiger partial charge in [-0.3, -0.25) is 4.90 Å². The second kappa shape index (κ2) is 5.20. The number of nitrogens with zero attached hydrogens (tertiary/aromatic N) is 3. The first kappa shape index (κ1) is 13.1. The van der Waals surface area contributed by atoms with Gasteiger partial charge in [0.25, 0.3) is 0 Å². The lowest BCUT2D eigenvalue weighted by Gasteiger charge is -2.24. The average molecular weight is 277 g/mol. The molecule has 1 aromatic carbocycles. The molecule has 1 aliphatic rings. The lowest BCUT2D eigenvalue weighted by Crippen LogP contribution is -2.29. The summed E-state index contributed by atoms with van der Waals surface area (Å²) in [5, 5.41) is 3.94. The maximum Gasteiger partial charge on any atom is 0.223 e. The standard InChI is InChI=1S/C14H16FN3O2/c1-9(14-16-10(2)20-17-14)18-6-7-19-13-5-3-4-12(15)11(13)8-18/h3-5,9H,6-8H2,1-2H3. The molecule has 0 N–H and O–H groups in total. The number of ether oxygens (including phenoxy) is 1. The van der Waals surface area contributed by atoms with Crippen LogP contribution < -0.4 is 4.74 Å². The first-order chi connectivity index (χ1) is 9.65. The summed E-state index contributed by atoms with van der Waals surface area (Å²) >= 11 is 0. The molecule has 3 rings (SSSR count). The molecular weight excluding hydrogens is 261 g/mol. The van der Waals surface area contributed by atoms with Crippen molar-refractivity contribution in [1.82, 2.24) is 15.0 Å². The Morgan fingerprint density at radius 1 is 1.40 bits per heavy atom. The van der Waals surface area contributed by atoms with E-state index in [1.807, 2.05) is 6.92 Å². The van der Waals surface area contributed by atoms with E-state index in [1.165, 1.54) is 6.07 Å². The van der Waals surface area contributed by atoms with Gasteiger partial charge in [0.05, 0.1) is 6.04 Å². The van der Waals surface area contributed by atoms with Crippen LogP contribution >= 0.6 is 0 Å². The van der Waals surface area contributed by atoms with Crippen LogP contribution in [0.15, 0.2) is 22.7 Å². The van der Waals surface area contributed by atoms with Crippen LogP contribution in [0.1, 0.15) is 30.2 Å². The Labute approximate surface area is 116 Å². The van der Waals surface area contributed by atoms with E-state index in [0.29, 0.717) is 42.7 Å². The Morgan fingerprint density at radius 2 is 2.25 bits per heavy atom. The summed E-state index contributed by atoms with van der Waals surface area (Å²) in [6.45, 7) is 5.40. The smallest absolute Gasteiger partial charge is 0.223 e. The number of aromatic nitrogens is 2. The topological polar surface area (TPSA) is 51.4 Å². The van der Waals surface area contributed by atoms with Crippen LogP contribution in [0, 0.1) is 12.7 Å². The van der Waals surface area contributed by atoms with E-state index in [0.717, 1.165) is 0 Å². The van der Waals surface area contributed by atoms with Gasteiger partial charge in [-0.05, 0) is 19.1 Å². The van der Waals surface area contributed by atoms with Gasteiger partial charge in [0.1, 0.15) is 18.2 Å². The molecule has 0 bridgehead atoms. The van der Waals surface area contributed by atoms with Gasteiger partial charge in [-0.2, -0.15) is 4.98 Å². The Balaban J connectivity index is 1.87. The molecule has 1 aliphatic heterocycles. The Morgan fingerprint density at radius 3 is 3.00 bits per heavy atom. The first-order valence-electron chi connectivity index (χ1n) is 6.59. The lowest BCUT2D eigenvalue weighted by molar-refractivity contribution is 0.170. The van der Waals surface area contributed by atoms with Crippen molar-refractivity contribution in [3.8, 4) is 5.75 Å². The van der Waals surface area contributed by atoms with E-state index < -0.39 is 0 Å². The predicted octanol–water partition coefficient (Wildman–Crippen LogP) is 2.47. The summed E-state index contributed by atoms with van der Waals surface area (Å²) in [5.74, 6) is 1.52. The quantitative estimate of drug-likeness (QED) is 0.844. The summed E-state index contributed by atoms with van der Waals surface area (Å²) in [4.78, 5) is 6.32. The van der Waals surface area contributed by atoms with Crippen LogP contribution in [-0.2, 0) is 6.54 Å². The second-order valence-electron chi connectivity index (χ2n) is 4.88. The summed E-state index contributed by atoms with van der Waals surface area (Å²) in [5.41, 5.74) is 0.581. The molecule has 2 heterocycles. The summed E-state index contributed by atoms with van der Waals surface area (Å²) < 4.78 is 24.6. The highest BCUT2D eigenvalue weighted by Crippen LogP contribution is 2.29. The second-order valence-corrected chi connectivity index (χ2v) is 4.88. The number of hydrogen-bond acceptors (Lipinski definition) is 5. The van der Waals surface area contributed by atoms with Gasteiger partial charge in [0.2, 0.25) is 5.89 Å². The zero-order valence-electron chi connectivity index (χ0n) is 11.5. The van der Waals surface area contributed by atoms with E-state index in [4.69, 9.17) is 9.26 Å². The monoisotopic (exact) mass is 277 g/mol. The van der Waals surface area contributed by atoms with Crippen molar-refractivity contribution in [1.29, 1.82) is 0 Å². The molecule has 0 radical (unpaired) electrons. The van der Waals surface area contributed by atoms with Gasteiger partial charge in [-0.15, -0.1) is 0 Å². The fourth-order valence-corrected chi connectivity index (χ4v) is 2.36. The average Bonchev–Trinajstić information content (AvgIpc) is 2.74. The van der Waals surface area contributed by atoms with Gasteiger partial charge in [-0.25, -0.2) is 4.39 Å². The number of benzene rings is 1.